The van der Waals surface area contributed by atoms with E-state index in [2.05, 4.69) is 48.7 Å². The molecular formula is C21H28N4O2. The van der Waals surface area contributed by atoms with Crippen LogP contribution in [-0.4, -0.2) is 19.5 Å². The third kappa shape index (κ3) is 3.94. The van der Waals surface area contributed by atoms with E-state index in [9.17, 15) is 9.59 Å². The average Bonchev–Trinajstić information content (AvgIpc) is 2.60. The largest absolute Gasteiger partial charge is 0.349 e. The fourth-order valence-electron chi connectivity index (χ4n) is 3.68. The number of aryl methyl sites for hydroxylation is 2. The lowest BCUT2D eigenvalue weighted by Crippen LogP contribution is -2.29. The summed E-state index contributed by atoms with van der Waals surface area (Å²) in [6.45, 7) is 9.31. The van der Waals surface area contributed by atoms with Gasteiger partial charge in [-0.15, -0.1) is 0 Å². The average molecular weight is 368 g/mol. The zero-order valence-electron chi connectivity index (χ0n) is 16.6. The van der Waals surface area contributed by atoms with E-state index in [0.717, 1.165) is 36.0 Å². The second-order valence-electron chi connectivity index (χ2n) is 7.57. The Balaban J connectivity index is 2.20. The summed E-state index contributed by atoms with van der Waals surface area (Å²) in [4.78, 5) is 35.0. The van der Waals surface area contributed by atoms with Crippen LogP contribution in [0.1, 0.15) is 69.9 Å². The quantitative estimate of drug-likeness (QED) is 0.505. The van der Waals surface area contributed by atoms with Crippen molar-refractivity contribution in [3.05, 3.63) is 44.1 Å². The van der Waals surface area contributed by atoms with Gasteiger partial charge in [-0.3, -0.25) is 9.78 Å². The third-order valence-electron chi connectivity index (χ3n) is 5.10. The van der Waals surface area contributed by atoms with Crippen LogP contribution in [0.2, 0.25) is 0 Å². The molecule has 2 aliphatic heterocycles. The topological polar surface area (TPSA) is 80.6 Å². The molecule has 0 bridgehead atoms. The number of hydrogen-bond acceptors (Lipinski definition) is 4. The van der Waals surface area contributed by atoms with Crippen LogP contribution in [0.3, 0.4) is 0 Å². The predicted octanol–water partition coefficient (Wildman–Crippen LogP) is 3.99. The van der Waals surface area contributed by atoms with E-state index in [0.29, 0.717) is 11.7 Å². The van der Waals surface area contributed by atoms with Crippen molar-refractivity contribution in [2.45, 2.75) is 72.3 Å². The van der Waals surface area contributed by atoms with Crippen LogP contribution in [0.25, 0.3) is 22.6 Å². The number of fused-ring (bicyclic) bond motifs is 2. The lowest BCUT2D eigenvalue weighted by molar-refractivity contribution is 0.573. The molecule has 0 aliphatic carbocycles. The second kappa shape index (κ2) is 8.03. The van der Waals surface area contributed by atoms with Crippen molar-refractivity contribution in [1.82, 2.24) is 19.5 Å². The number of benzene rings is 1. The molecule has 0 atom stereocenters. The molecule has 0 saturated heterocycles. The summed E-state index contributed by atoms with van der Waals surface area (Å²) >= 11 is 0. The molecule has 0 spiro atoms. The predicted molar refractivity (Wildman–Crippen MR) is 109 cm³/mol. The number of nitrogens with zero attached hydrogens (tertiary/aromatic N) is 3. The maximum atomic E-state index is 12.3. The maximum Gasteiger partial charge on any atom is 0.349 e. The molecule has 2 heterocycles. The Kier molecular flexibility index (Phi) is 5.73. The highest BCUT2D eigenvalue weighted by Crippen LogP contribution is 2.28. The molecule has 0 aromatic heterocycles. The molecule has 27 heavy (non-hydrogen) atoms. The van der Waals surface area contributed by atoms with Gasteiger partial charge < -0.3 is 4.57 Å². The van der Waals surface area contributed by atoms with Crippen molar-refractivity contribution in [3.63, 3.8) is 0 Å². The van der Waals surface area contributed by atoms with E-state index in [4.69, 9.17) is 0 Å². The van der Waals surface area contributed by atoms with Crippen molar-refractivity contribution in [2.75, 3.05) is 0 Å². The second-order valence-corrected chi connectivity index (χ2v) is 7.57. The fraction of sp³-hybridized carbons (Fsp3) is 0.524. The Hall–Kier alpha value is -2.50. The van der Waals surface area contributed by atoms with Gasteiger partial charge in [0, 0.05) is 6.54 Å². The van der Waals surface area contributed by atoms with Crippen molar-refractivity contribution in [2.24, 2.45) is 0 Å². The SMILES string of the molecule is CCCCCCCn1c2nc(=O)[nH]c(=O)c-2nc2cc(C)c(C(C)C)cc21. The van der Waals surface area contributed by atoms with Crippen molar-refractivity contribution >= 4 is 11.0 Å². The summed E-state index contributed by atoms with van der Waals surface area (Å²) in [5.41, 5.74) is 3.24. The number of unbranched alkanes of at least 4 members (excludes halogenated alkanes) is 4. The number of aromatic amines is 1. The Morgan fingerprint density at radius 1 is 1.07 bits per heavy atom. The fourth-order valence-corrected chi connectivity index (χ4v) is 3.68. The number of H-pyrrole nitrogens is 1. The zero-order valence-corrected chi connectivity index (χ0v) is 16.6. The summed E-state index contributed by atoms with van der Waals surface area (Å²) < 4.78 is 2.01. The van der Waals surface area contributed by atoms with Gasteiger partial charge in [0.15, 0.2) is 11.5 Å². The monoisotopic (exact) mass is 368 g/mol. The molecular weight excluding hydrogens is 340 g/mol. The molecule has 1 aromatic carbocycles. The molecule has 2 aliphatic rings. The van der Waals surface area contributed by atoms with Gasteiger partial charge >= 0.3 is 5.69 Å². The normalized spacial score (nSPS) is 11.7. The molecule has 0 amide bonds. The van der Waals surface area contributed by atoms with Crippen LogP contribution in [0.5, 0.6) is 0 Å². The van der Waals surface area contributed by atoms with Gasteiger partial charge in [0.1, 0.15) is 0 Å². The summed E-state index contributed by atoms with van der Waals surface area (Å²) in [6, 6.07) is 4.17. The van der Waals surface area contributed by atoms with E-state index in [-0.39, 0.29) is 5.69 Å². The van der Waals surface area contributed by atoms with Gasteiger partial charge in [-0.1, -0.05) is 46.5 Å². The first kappa shape index (κ1) is 19.3. The van der Waals surface area contributed by atoms with Gasteiger partial charge in [-0.2, -0.15) is 4.98 Å². The molecule has 0 unspecified atom stereocenters. The Morgan fingerprint density at radius 2 is 1.81 bits per heavy atom. The van der Waals surface area contributed by atoms with Gasteiger partial charge in [-0.25, -0.2) is 9.78 Å². The van der Waals surface area contributed by atoms with Gasteiger partial charge in [0.2, 0.25) is 0 Å². The highest BCUT2D eigenvalue weighted by Gasteiger charge is 2.19. The molecule has 0 saturated carbocycles. The van der Waals surface area contributed by atoms with E-state index in [1.807, 2.05) is 10.6 Å². The first-order valence-corrected chi connectivity index (χ1v) is 9.87. The van der Waals surface area contributed by atoms with E-state index < -0.39 is 11.2 Å². The lowest BCUT2D eigenvalue weighted by atomic mass is 9.97. The minimum absolute atomic E-state index is 0.229. The van der Waals surface area contributed by atoms with Crippen LogP contribution in [0, 0.1) is 6.92 Å². The van der Waals surface area contributed by atoms with Gasteiger partial charge in [0.05, 0.1) is 11.0 Å². The maximum absolute atomic E-state index is 12.3. The van der Waals surface area contributed by atoms with Crippen LogP contribution in [0.15, 0.2) is 21.7 Å². The van der Waals surface area contributed by atoms with Crippen molar-refractivity contribution in [1.29, 1.82) is 0 Å². The zero-order chi connectivity index (χ0) is 19.6. The molecule has 6 nitrogen and oxygen atoms in total. The smallest absolute Gasteiger partial charge is 0.322 e. The lowest BCUT2D eigenvalue weighted by Gasteiger charge is -2.19. The van der Waals surface area contributed by atoms with Crippen molar-refractivity contribution in [3.8, 4) is 11.5 Å². The van der Waals surface area contributed by atoms with Crippen LogP contribution < -0.4 is 11.2 Å². The molecule has 1 aromatic rings. The van der Waals surface area contributed by atoms with Crippen LogP contribution in [-0.2, 0) is 6.54 Å². The molecule has 0 radical (unpaired) electrons. The number of aromatic nitrogens is 4. The molecule has 1 N–H and O–H groups in total. The summed E-state index contributed by atoms with van der Waals surface area (Å²) in [7, 11) is 0. The Bertz CT molecular complexity index is 1030. The first-order valence-electron chi connectivity index (χ1n) is 9.87. The summed E-state index contributed by atoms with van der Waals surface area (Å²) in [5, 5.41) is 0. The highest BCUT2D eigenvalue weighted by molar-refractivity contribution is 5.81. The van der Waals surface area contributed by atoms with Crippen molar-refractivity contribution < 1.29 is 0 Å². The molecule has 0 fully saturated rings. The van der Waals surface area contributed by atoms with E-state index >= 15 is 0 Å². The molecule has 144 valence electrons. The molecule has 6 heteroatoms. The first-order chi connectivity index (χ1) is 12.9. The Labute approximate surface area is 159 Å². The number of rotatable bonds is 7. The Morgan fingerprint density at radius 3 is 2.52 bits per heavy atom. The van der Waals surface area contributed by atoms with E-state index in [1.54, 1.807) is 0 Å². The summed E-state index contributed by atoms with van der Waals surface area (Å²) in [6.07, 6.45) is 5.70. The number of hydrogen-bond donors (Lipinski definition) is 1. The van der Waals surface area contributed by atoms with Gasteiger partial charge in [0.25, 0.3) is 5.56 Å². The standard InChI is InChI=1S/C21H28N4O2/c1-5-6-7-8-9-10-25-17-12-15(13(2)3)14(4)11-16(17)22-18-19(25)23-21(27)24-20(18)26/h11-13H,5-10H2,1-4H3,(H,24,26,27). The van der Waals surface area contributed by atoms with Gasteiger partial charge in [-0.05, 0) is 42.5 Å². The summed E-state index contributed by atoms with van der Waals surface area (Å²) in [5.74, 6) is 0.760. The number of nitrogens with one attached hydrogen (secondary N) is 1. The molecule has 3 rings (SSSR count). The highest BCUT2D eigenvalue weighted by atomic mass is 16.2. The third-order valence-corrected chi connectivity index (χ3v) is 5.10. The van der Waals surface area contributed by atoms with Crippen LogP contribution >= 0.6 is 0 Å². The van der Waals surface area contributed by atoms with E-state index in [1.165, 1.54) is 24.8 Å². The van der Waals surface area contributed by atoms with Crippen LogP contribution in [0.4, 0.5) is 0 Å². The minimum Gasteiger partial charge on any atom is -0.322 e. The minimum atomic E-state index is -0.621.